The van der Waals surface area contributed by atoms with Crippen LogP contribution in [0.5, 0.6) is 0 Å². The van der Waals surface area contributed by atoms with Crippen molar-refractivity contribution in [3.05, 3.63) is 41.5 Å². The smallest absolute Gasteiger partial charge is 0.220 e. The van der Waals surface area contributed by atoms with Crippen LogP contribution in [0.15, 0.2) is 34.3 Å². The molecule has 26 heavy (non-hydrogen) atoms. The molecule has 0 unspecified atom stereocenters. The van der Waals surface area contributed by atoms with Crippen LogP contribution in [-0.4, -0.2) is 32.8 Å². The summed E-state index contributed by atoms with van der Waals surface area (Å²) in [6.07, 6.45) is 6.00. The Bertz CT molecular complexity index is 842. The van der Waals surface area contributed by atoms with E-state index < -0.39 is 5.66 Å². The van der Waals surface area contributed by atoms with E-state index in [1.165, 1.54) is 6.42 Å². The second-order valence-electron chi connectivity index (χ2n) is 7.00. The first-order valence-electron chi connectivity index (χ1n) is 9.02. The van der Waals surface area contributed by atoms with Gasteiger partial charge in [-0.1, -0.05) is 18.6 Å². The molecule has 2 aliphatic rings. The summed E-state index contributed by atoms with van der Waals surface area (Å²) in [5.41, 5.74) is 13.9. The standard InChI is InChI=1S/C18H24N8/c1-12-21-15(25-24-12)11-13-5-7-14(8-6-13)26-17(20)22-16(19)23-18(26)9-3-2-4-10-18/h5-8H,2-4,9-11H2,1H3,(H,21,24,25)(H4,19,20,22,23). The number of nitrogens with zero attached hydrogens (tertiary/aromatic N) is 5. The first-order valence-corrected chi connectivity index (χ1v) is 9.02. The van der Waals surface area contributed by atoms with E-state index in [0.29, 0.717) is 12.4 Å². The Morgan fingerprint density at radius 2 is 1.85 bits per heavy atom. The molecule has 1 aliphatic heterocycles. The third kappa shape index (κ3) is 3.02. The average Bonchev–Trinajstić information content (AvgIpc) is 3.01. The minimum Gasteiger partial charge on any atom is -0.369 e. The molecule has 0 bridgehead atoms. The van der Waals surface area contributed by atoms with Crippen LogP contribution in [0.1, 0.15) is 49.3 Å². The number of guanidine groups is 2. The minimum absolute atomic E-state index is 0.275. The number of aliphatic imine (C=N–C) groups is 2. The molecule has 0 atom stereocenters. The fourth-order valence-electron chi connectivity index (χ4n) is 3.91. The number of aryl methyl sites for hydroxylation is 1. The number of anilines is 1. The van der Waals surface area contributed by atoms with Gasteiger partial charge in [-0.25, -0.2) is 9.98 Å². The van der Waals surface area contributed by atoms with Gasteiger partial charge < -0.3 is 11.5 Å². The highest BCUT2D eigenvalue weighted by Gasteiger charge is 2.42. The molecule has 1 aromatic heterocycles. The quantitative estimate of drug-likeness (QED) is 0.778. The first kappa shape index (κ1) is 16.6. The van der Waals surface area contributed by atoms with Crippen LogP contribution in [0.3, 0.4) is 0 Å². The molecule has 0 saturated heterocycles. The zero-order valence-corrected chi connectivity index (χ0v) is 14.9. The Hall–Kier alpha value is -2.90. The van der Waals surface area contributed by atoms with Crippen molar-refractivity contribution in [3.8, 4) is 0 Å². The first-order chi connectivity index (χ1) is 12.6. The molecule has 1 saturated carbocycles. The lowest BCUT2D eigenvalue weighted by Gasteiger charge is -2.45. The van der Waals surface area contributed by atoms with Crippen molar-refractivity contribution >= 4 is 17.6 Å². The van der Waals surface area contributed by atoms with E-state index in [2.05, 4.69) is 44.4 Å². The molecule has 2 heterocycles. The summed E-state index contributed by atoms with van der Waals surface area (Å²) in [7, 11) is 0. The van der Waals surface area contributed by atoms with Crippen molar-refractivity contribution in [2.45, 2.75) is 51.1 Å². The zero-order valence-electron chi connectivity index (χ0n) is 14.9. The van der Waals surface area contributed by atoms with Gasteiger partial charge in [-0.05, 0) is 50.3 Å². The fraction of sp³-hybridized carbons (Fsp3) is 0.444. The van der Waals surface area contributed by atoms with Gasteiger partial charge in [-0.3, -0.25) is 10.00 Å². The van der Waals surface area contributed by atoms with E-state index >= 15 is 0 Å². The summed E-state index contributed by atoms with van der Waals surface area (Å²) in [5, 5.41) is 7.07. The predicted molar refractivity (Wildman–Crippen MR) is 102 cm³/mol. The molecule has 0 amide bonds. The van der Waals surface area contributed by atoms with Gasteiger partial charge in [0.15, 0.2) is 5.82 Å². The van der Waals surface area contributed by atoms with E-state index in [4.69, 9.17) is 16.5 Å². The largest absolute Gasteiger partial charge is 0.369 e. The lowest BCUT2D eigenvalue weighted by atomic mass is 9.87. The van der Waals surface area contributed by atoms with E-state index in [0.717, 1.165) is 48.6 Å². The summed E-state index contributed by atoms with van der Waals surface area (Å²) in [4.78, 5) is 15.3. The number of hydrogen-bond acceptors (Lipinski definition) is 7. The molecule has 1 spiro atoms. The number of rotatable bonds is 3. The summed E-state index contributed by atoms with van der Waals surface area (Å²) >= 11 is 0. The second kappa shape index (κ2) is 6.44. The van der Waals surface area contributed by atoms with Crippen molar-refractivity contribution < 1.29 is 0 Å². The zero-order chi connectivity index (χ0) is 18.1. The minimum atomic E-state index is -0.406. The van der Waals surface area contributed by atoms with Crippen LogP contribution in [0.2, 0.25) is 0 Å². The number of nitrogens with one attached hydrogen (secondary N) is 1. The monoisotopic (exact) mass is 352 g/mol. The van der Waals surface area contributed by atoms with E-state index in [1.54, 1.807) is 0 Å². The van der Waals surface area contributed by atoms with Crippen LogP contribution in [0.25, 0.3) is 0 Å². The van der Waals surface area contributed by atoms with Gasteiger partial charge in [-0.2, -0.15) is 10.1 Å². The molecular formula is C18H24N8. The van der Waals surface area contributed by atoms with Crippen LogP contribution in [0.4, 0.5) is 5.69 Å². The number of aromatic nitrogens is 3. The molecule has 2 aromatic rings. The van der Waals surface area contributed by atoms with Gasteiger partial charge >= 0.3 is 0 Å². The van der Waals surface area contributed by atoms with Gasteiger partial charge in [0.25, 0.3) is 0 Å². The molecule has 8 nitrogen and oxygen atoms in total. The fourth-order valence-corrected chi connectivity index (χ4v) is 3.91. The van der Waals surface area contributed by atoms with Crippen LogP contribution >= 0.6 is 0 Å². The molecule has 5 N–H and O–H groups in total. The SMILES string of the molecule is Cc1nc(Cc2ccc(N3C(N)=NC(N)=NC34CCCCC4)cc2)n[nH]1. The van der Waals surface area contributed by atoms with Gasteiger partial charge in [0, 0.05) is 12.1 Å². The highest BCUT2D eigenvalue weighted by molar-refractivity contribution is 6.05. The number of H-pyrrole nitrogens is 1. The van der Waals surface area contributed by atoms with Gasteiger partial charge in [0.05, 0.1) is 0 Å². The Kier molecular flexibility index (Phi) is 4.10. The molecule has 1 aliphatic carbocycles. The maximum atomic E-state index is 6.26. The number of nitrogens with two attached hydrogens (primary N) is 2. The topological polar surface area (TPSA) is 122 Å². The molecular weight excluding hydrogens is 328 g/mol. The van der Waals surface area contributed by atoms with Crippen molar-refractivity contribution in [2.75, 3.05) is 4.90 Å². The van der Waals surface area contributed by atoms with Crippen molar-refractivity contribution in [1.82, 2.24) is 15.2 Å². The highest BCUT2D eigenvalue weighted by atomic mass is 15.4. The molecule has 136 valence electrons. The van der Waals surface area contributed by atoms with E-state index in [-0.39, 0.29) is 5.96 Å². The molecule has 1 fully saturated rings. The third-order valence-electron chi connectivity index (χ3n) is 5.05. The normalized spacial score (nSPS) is 19.3. The number of aromatic amines is 1. The Balaban J connectivity index is 1.61. The highest BCUT2D eigenvalue weighted by Crippen LogP contribution is 2.39. The van der Waals surface area contributed by atoms with Crippen molar-refractivity contribution in [1.29, 1.82) is 0 Å². The number of benzene rings is 1. The Morgan fingerprint density at radius 1 is 1.12 bits per heavy atom. The van der Waals surface area contributed by atoms with Crippen LogP contribution < -0.4 is 16.4 Å². The Labute approximate surface area is 152 Å². The lowest BCUT2D eigenvalue weighted by Crippen LogP contribution is -2.58. The van der Waals surface area contributed by atoms with Crippen LogP contribution in [0, 0.1) is 6.92 Å². The molecule has 4 rings (SSSR count). The molecule has 1 aromatic carbocycles. The summed E-state index contributed by atoms with van der Waals surface area (Å²) in [5.74, 6) is 2.30. The summed E-state index contributed by atoms with van der Waals surface area (Å²) < 4.78 is 0. The predicted octanol–water partition coefficient (Wildman–Crippen LogP) is 1.81. The maximum Gasteiger partial charge on any atom is 0.220 e. The van der Waals surface area contributed by atoms with E-state index in [1.807, 2.05) is 11.8 Å². The summed E-state index contributed by atoms with van der Waals surface area (Å²) in [6, 6.07) is 8.27. The Morgan fingerprint density at radius 3 is 2.50 bits per heavy atom. The maximum absolute atomic E-state index is 6.26. The lowest BCUT2D eigenvalue weighted by molar-refractivity contribution is 0.305. The van der Waals surface area contributed by atoms with Gasteiger partial charge in [-0.15, -0.1) is 0 Å². The number of hydrogen-bond donors (Lipinski definition) is 3. The van der Waals surface area contributed by atoms with Crippen molar-refractivity contribution in [3.63, 3.8) is 0 Å². The van der Waals surface area contributed by atoms with Gasteiger partial charge in [0.2, 0.25) is 11.9 Å². The molecule has 8 heteroatoms. The molecule has 0 radical (unpaired) electrons. The van der Waals surface area contributed by atoms with Gasteiger partial charge in [0.1, 0.15) is 11.5 Å². The summed E-state index contributed by atoms with van der Waals surface area (Å²) in [6.45, 7) is 1.90. The average molecular weight is 352 g/mol. The van der Waals surface area contributed by atoms with Crippen LogP contribution in [-0.2, 0) is 6.42 Å². The van der Waals surface area contributed by atoms with Crippen molar-refractivity contribution in [2.24, 2.45) is 21.5 Å². The van der Waals surface area contributed by atoms with E-state index in [9.17, 15) is 0 Å². The second-order valence-corrected chi connectivity index (χ2v) is 7.00. The third-order valence-corrected chi connectivity index (χ3v) is 5.05.